The Morgan fingerprint density at radius 3 is 2.74 bits per heavy atom. The van der Waals surface area contributed by atoms with Gasteiger partial charge in [-0.05, 0) is 53.1 Å². The third-order valence-corrected chi connectivity index (χ3v) is 5.15. The zero-order valence-electron chi connectivity index (χ0n) is 13.6. The highest BCUT2D eigenvalue weighted by molar-refractivity contribution is 14.1. The number of amides is 1. The summed E-state index contributed by atoms with van der Waals surface area (Å²) in [6.07, 6.45) is 1.06. The quantitative estimate of drug-likeness (QED) is 0.675. The molecule has 6 heteroatoms. The number of morpholine rings is 1. The van der Waals surface area contributed by atoms with E-state index in [4.69, 9.17) is 16.3 Å². The van der Waals surface area contributed by atoms with Gasteiger partial charge in [-0.2, -0.15) is 0 Å². The lowest BCUT2D eigenvalue weighted by Crippen LogP contribution is -2.49. The summed E-state index contributed by atoms with van der Waals surface area (Å²) in [7, 11) is 0. The first kappa shape index (κ1) is 19.0. The molecule has 0 radical (unpaired) electrons. The topological polar surface area (TPSA) is 41.6 Å². The van der Waals surface area contributed by atoms with E-state index in [0.717, 1.165) is 36.3 Å². The molecule has 1 heterocycles. The fourth-order valence-corrected chi connectivity index (χ4v) is 3.58. The van der Waals surface area contributed by atoms with Crippen molar-refractivity contribution in [1.29, 1.82) is 0 Å². The SMILES string of the molecule is CC(C)CC(CNC(=O)c1cc(Cl)ccc1I)N1CCOCC1. The summed E-state index contributed by atoms with van der Waals surface area (Å²) in [5, 5.41) is 3.67. The van der Waals surface area contributed by atoms with Crippen molar-refractivity contribution in [1.82, 2.24) is 10.2 Å². The minimum Gasteiger partial charge on any atom is -0.379 e. The first-order valence-electron chi connectivity index (χ1n) is 8.02. The highest BCUT2D eigenvalue weighted by Gasteiger charge is 2.23. The molecule has 1 N–H and O–H groups in total. The fraction of sp³-hybridized carbons (Fsp3) is 0.588. The van der Waals surface area contributed by atoms with Crippen molar-refractivity contribution >= 4 is 40.1 Å². The number of benzene rings is 1. The van der Waals surface area contributed by atoms with E-state index in [0.29, 0.717) is 29.1 Å². The summed E-state index contributed by atoms with van der Waals surface area (Å²) >= 11 is 8.17. The predicted molar refractivity (Wildman–Crippen MR) is 102 cm³/mol. The third-order valence-electron chi connectivity index (χ3n) is 3.98. The van der Waals surface area contributed by atoms with Crippen molar-refractivity contribution in [2.75, 3.05) is 32.8 Å². The zero-order chi connectivity index (χ0) is 16.8. The highest BCUT2D eigenvalue weighted by atomic mass is 127. The van der Waals surface area contributed by atoms with E-state index in [1.807, 2.05) is 6.07 Å². The van der Waals surface area contributed by atoms with E-state index < -0.39 is 0 Å². The Kier molecular flexibility index (Phi) is 7.59. The third kappa shape index (κ3) is 5.89. The molecule has 0 saturated carbocycles. The van der Waals surface area contributed by atoms with Gasteiger partial charge in [0.25, 0.3) is 5.91 Å². The van der Waals surface area contributed by atoms with Gasteiger partial charge in [0.2, 0.25) is 0 Å². The molecule has 1 aliphatic rings. The van der Waals surface area contributed by atoms with Crippen molar-refractivity contribution in [3.8, 4) is 0 Å². The van der Waals surface area contributed by atoms with Crippen LogP contribution in [-0.4, -0.2) is 49.7 Å². The number of rotatable bonds is 6. The number of nitrogens with zero attached hydrogens (tertiary/aromatic N) is 1. The van der Waals surface area contributed by atoms with Gasteiger partial charge in [-0.15, -0.1) is 0 Å². The van der Waals surface area contributed by atoms with E-state index >= 15 is 0 Å². The molecule has 23 heavy (non-hydrogen) atoms. The first-order chi connectivity index (χ1) is 11.0. The smallest absolute Gasteiger partial charge is 0.252 e. The molecule has 0 spiro atoms. The normalized spacial score (nSPS) is 17.3. The number of ether oxygens (including phenoxy) is 1. The molecule has 1 aliphatic heterocycles. The van der Waals surface area contributed by atoms with Crippen LogP contribution < -0.4 is 5.32 Å². The average molecular weight is 451 g/mol. The Morgan fingerprint density at radius 1 is 1.39 bits per heavy atom. The molecule has 128 valence electrons. The van der Waals surface area contributed by atoms with Crippen LogP contribution in [0.4, 0.5) is 0 Å². The Labute approximate surface area is 157 Å². The lowest BCUT2D eigenvalue weighted by atomic mass is 10.0. The van der Waals surface area contributed by atoms with Crippen LogP contribution in [0.3, 0.4) is 0 Å². The van der Waals surface area contributed by atoms with E-state index in [2.05, 4.69) is 46.7 Å². The summed E-state index contributed by atoms with van der Waals surface area (Å²) in [6, 6.07) is 5.74. The summed E-state index contributed by atoms with van der Waals surface area (Å²) in [5.74, 6) is 0.532. The summed E-state index contributed by atoms with van der Waals surface area (Å²) < 4.78 is 6.35. The maximum absolute atomic E-state index is 12.5. The number of hydrogen-bond acceptors (Lipinski definition) is 3. The molecule has 1 unspecified atom stereocenters. The van der Waals surface area contributed by atoms with Gasteiger partial charge >= 0.3 is 0 Å². The number of hydrogen-bond donors (Lipinski definition) is 1. The van der Waals surface area contributed by atoms with E-state index in [9.17, 15) is 4.79 Å². The Balaban J connectivity index is 1.99. The number of carbonyl (C=O) groups excluding carboxylic acids is 1. The molecule has 1 saturated heterocycles. The molecule has 1 atom stereocenters. The average Bonchev–Trinajstić information content (AvgIpc) is 2.54. The molecule has 1 amide bonds. The summed E-state index contributed by atoms with van der Waals surface area (Å²) in [4.78, 5) is 14.9. The van der Waals surface area contributed by atoms with Gasteiger partial charge in [0, 0.05) is 34.3 Å². The second-order valence-electron chi connectivity index (χ2n) is 6.27. The predicted octanol–water partition coefficient (Wildman–Crippen LogP) is 3.42. The standard InChI is InChI=1S/C17H24ClIN2O2/c1-12(2)9-14(21-5-7-23-8-6-21)11-20-17(22)15-10-13(18)3-4-16(15)19/h3-4,10,12,14H,5-9,11H2,1-2H3,(H,20,22). The van der Waals surface area contributed by atoms with Crippen molar-refractivity contribution in [3.63, 3.8) is 0 Å². The highest BCUT2D eigenvalue weighted by Crippen LogP contribution is 2.18. The van der Waals surface area contributed by atoms with Crippen LogP contribution >= 0.6 is 34.2 Å². The molecule has 2 rings (SSSR count). The largest absolute Gasteiger partial charge is 0.379 e. The van der Waals surface area contributed by atoms with Crippen LogP contribution in [0.15, 0.2) is 18.2 Å². The Hall–Kier alpha value is -0.370. The van der Waals surface area contributed by atoms with E-state index in [1.54, 1.807) is 12.1 Å². The molecule has 1 aromatic carbocycles. The number of nitrogens with one attached hydrogen (secondary N) is 1. The minimum absolute atomic E-state index is 0.0566. The molecule has 1 aromatic rings. The molecule has 0 aliphatic carbocycles. The van der Waals surface area contributed by atoms with Gasteiger partial charge in [0.15, 0.2) is 0 Å². The van der Waals surface area contributed by atoms with Gasteiger partial charge in [0.1, 0.15) is 0 Å². The summed E-state index contributed by atoms with van der Waals surface area (Å²) in [6.45, 7) is 8.50. The number of carbonyl (C=O) groups is 1. The van der Waals surface area contributed by atoms with Crippen molar-refractivity contribution in [2.45, 2.75) is 26.3 Å². The van der Waals surface area contributed by atoms with Crippen LogP contribution in [0.2, 0.25) is 5.02 Å². The molecule has 0 bridgehead atoms. The van der Waals surface area contributed by atoms with Crippen LogP contribution in [0.5, 0.6) is 0 Å². The molecule has 4 nitrogen and oxygen atoms in total. The maximum Gasteiger partial charge on any atom is 0.252 e. The van der Waals surface area contributed by atoms with Gasteiger partial charge in [-0.25, -0.2) is 0 Å². The van der Waals surface area contributed by atoms with E-state index in [1.165, 1.54) is 0 Å². The van der Waals surface area contributed by atoms with E-state index in [-0.39, 0.29) is 5.91 Å². The second-order valence-corrected chi connectivity index (χ2v) is 7.86. The first-order valence-corrected chi connectivity index (χ1v) is 9.48. The van der Waals surface area contributed by atoms with Crippen molar-refractivity contribution < 1.29 is 9.53 Å². The molecule has 0 aromatic heterocycles. The minimum atomic E-state index is -0.0566. The number of halogens is 2. The Bertz CT molecular complexity index is 533. The Morgan fingerprint density at radius 2 is 2.09 bits per heavy atom. The maximum atomic E-state index is 12.5. The van der Waals surface area contributed by atoms with Crippen molar-refractivity contribution in [3.05, 3.63) is 32.4 Å². The van der Waals surface area contributed by atoms with Crippen LogP contribution in [0.1, 0.15) is 30.6 Å². The zero-order valence-corrected chi connectivity index (χ0v) is 16.6. The molecular formula is C17H24ClIN2O2. The van der Waals surface area contributed by atoms with Gasteiger partial charge in [-0.3, -0.25) is 9.69 Å². The van der Waals surface area contributed by atoms with Crippen LogP contribution in [-0.2, 0) is 4.74 Å². The lowest BCUT2D eigenvalue weighted by Gasteiger charge is -2.35. The van der Waals surface area contributed by atoms with Crippen LogP contribution in [0, 0.1) is 9.49 Å². The lowest BCUT2D eigenvalue weighted by molar-refractivity contribution is 0.0124. The molecule has 1 fully saturated rings. The van der Waals surface area contributed by atoms with Gasteiger partial charge < -0.3 is 10.1 Å². The fourth-order valence-electron chi connectivity index (χ4n) is 2.83. The van der Waals surface area contributed by atoms with Crippen molar-refractivity contribution in [2.24, 2.45) is 5.92 Å². The second kappa shape index (κ2) is 9.20. The molecular weight excluding hydrogens is 427 g/mol. The summed E-state index contributed by atoms with van der Waals surface area (Å²) in [5.41, 5.74) is 0.642. The van der Waals surface area contributed by atoms with Gasteiger partial charge in [0.05, 0.1) is 18.8 Å². The van der Waals surface area contributed by atoms with Crippen LogP contribution in [0.25, 0.3) is 0 Å². The van der Waals surface area contributed by atoms with Gasteiger partial charge in [-0.1, -0.05) is 25.4 Å². The monoisotopic (exact) mass is 450 g/mol.